The van der Waals surface area contributed by atoms with Crippen LogP contribution in [-0.2, 0) is 14.4 Å². The van der Waals surface area contributed by atoms with Crippen LogP contribution >= 0.6 is 0 Å². The van der Waals surface area contributed by atoms with E-state index in [1.165, 1.54) is 11.8 Å². The van der Waals surface area contributed by atoms with Gasteiger partial charge in [0.25, 0.3) is 11.8 Å². The van der Waals surface area contributed by atoms with E-state index < -0.39 is 17.5 Å². The molecule has 1 fully saturated rings. The van der Waals surface area contributed by atoms with Gasteiger partial charge in [-0.2, -0.15) is 0 Å². The fraction of sp³-hybridized carbons (Fsp3) is 0.333. The van der Waals surface area contributed by atoms with Crippen molar-refractivity contribution in [3.63, 3.8) is 0 Å². The number of carbonyl (C=O) groups is 4. The Kier molecular flexibility index (Phi) is 6.34. The standard InChI is InChI=1S/C24H27N3O5/c1-15(28)25-17-8-10-18(11-9-17)26-21(29)14-20(23(26)31)27(24(2,3)4)22(30)16-6-12-19(32-5)13-7-16/h6-13,20H,14H2,1-5H3,(H,25,28). The van der Waals surface area contributed by atoms with Crippen molar-refractivity contribution in [2.24, 2.45) is 0 Å². The third kappa shape index (κ3) is 4.64. The SMILES string of the molecule is COc1ccc(C(=O)N(C2CC(=O)N(c3ccc(NC(C)=O)cc3)C2=O)C(C)(C)C)cc1. The molecule has 1 atom stereocenters. The number of carbonyl (C=O) groups excluding carboxylic acids is 4. The molecular weight excluding hydrogens is 410 g/mol. The smallest absolute Gasteiger partial charge is 0.257 e. The molecule has 1 N–H and O–H groups in total. The van der Waals surface area contributed by atoms with Crippen molar-refractivity contribution in [1.29, 1.82) is 0 Å². The quantitative estimate of drug-likeness (QED) is 0.725. The number of hydrogen-bond acceptors (Lipinski definition) is 5. The molecule has 1 aliphatic rings. The van der Waals surface area contributed by atoms with E-state index in [1.807, 2.05) is 20.8 Å². The molecule has 8 nitrogen and oxygen atoms in total. The lowest BCUT2D eigenvalue weighted by Crippen LogP contribution is -2.54. The molecule has 8 heteroatoms. The molecule has 1 unspecified atom stereocenters. The zero-order valence-corrected chi connectivity index (χ0v) is 18.8. The van der Waals surface area contributed by atoms with E-state index >= 15 is 0 Å². The summed E-state index contributed by atoms with van der Waals surface area (Å²) in [6, 6.07) is 12.1. The summed E-state index contributed by atoms with van der Waals surface area (Å²) in [6.07, 6.45) is -0.106. The number of nitrogens with one attached hydrogen (secondary N) is 1. The Morgan fingerprint density at radius 2 is 1.62 bits per heavy atom. The molecule has 2 aromatic rings. The van der Waals surface area contributed by atoms with Crippen LogP contribution in [0.4, 0.5) is 11.4 Å². The number of benzene rings is 2. The highest BCUT2D eigenvalue weighted by molar-refractivity contribution is 6.23. The normalized spacial score (nSPS) is 16.2. The molecule has 32 heavy (non-hydrogen) atoms. The summed E-state index contributed by atoms with van der Waals surface area (Å²) in [6.45, 7) is 6.89. The maximum atomic E-state index is 13.4. The van der Waals surface area contributed by atoms with Crippen LogP contribution in [0, 0.1) is 0 Å². The molecule has 4 amide bonds. The maximum absolute atomic E-state index is 13.4. The summed E-state index contributed by atoms with van der Waals surface area (Å²) in [5.41, 5.74) is 0.646. The van der Waals surface area contributed by atoms with Crippen molar-refractivity contribution < 1.29 is 23.9 Å². The van der Waals surface area contributed by atoms with Crippen LogP contribution in [0.1, 0.15) is 44.5 Å². The summed E-state index contributed by atoms with van der Waals surface area (Å²) in [7, 11) is 1.54. The first-order valence-electron chi connectivity index (χ1n) is 10.2. The summed E-state index contributed by atoms with van der Waals surface area (Å²) in [5.74, 6) is -0.786. The summed E-state index contributed by atoms with van der Waals surface area (Å²) in [5, 5.41) is 2.64. The summed E-state index contributed by atoms with van der Waals surface area (Å²) < 4.78 is 5.15. The first kappa shape index (κ1) is 23.0. The number of imide groups is 1. The van der Waals surface area contributed by atoms with E-state index in [4.69, 9.17) is 4.74 Å². The van der Waals surface area contributed by atoms with E-state index in [1.54, 1.807) is 55.6 Å². The molecule has 3 rings (SSSR count). The molecule has 1 aliphatic heterocycles. The van der Waals surface area contributed by atoms with Crippen LogP contribution in [0.15, 0.2) is 48.5 Å². The Morgan fingerprint density at radius 1 is 1.03 bits per heavy atom. The molecule has 168 valence electrons. The topological polar surface area (TPSA) is 96.0 Å². The molecule has 1 heterocycles. The van der Waals surface area contributed by atoms with Crippen molar-refractivity contribution in [3.05, 3.63) is 54.1 Å². The van der Waals surface area contributed by atoms with Gasteiger partial charge in [-0.05, 0) is 69.3 Å². The van der Waals surface area contributed by atoms with Crippen LogP contribution in [0.5, 0.6) is 5.75 Å². The van der Waals surface area contributed by atoms with Crippen LogP contribution in [0.2, 0.25) is 0 Å². The van der Waals surface area contributed by atoms with Crippen LogP contribution in [0.3, 0.4) is 0 Å². The number of methoxy groups -OCH3 is 1. The van der Waals surface area contributed by atoms with Crippen molar-refractivity contribution in [1.82, 2.24) is 4.90 Å². The van der Waals surface area contributed by atoms with Crippen molar-refractivity contribution >= 4 is 35.0 Å². The minimum atomic E-state index is -0.924. The minimum absolute atomic E-state index is 0.106. The zero-order chi connectivity index (χ0) is 23.6. The molecule has 0 saturated carbocycles. The number of amides is 4. The second-order valence-corrected chi connectivity index (χ2v) is 8.59. The van der Waals surface area contributed by atoms with Crippen molar-refractivity contribution in [3.8, 4) is 5.75 Å². The average Bonchev–Trinajstić information content (AvgIpc) is 3.01. The van der Waals surface area contributed by atoms with Gasteiger partial charge in [0, 0.05) is 23.7 Å². The Bertz CT molecular complexity index is 1040. The number of hydrogen-bond donors (Lipinski definition) is 1. The fourth-order valence-electron chi connectivity index (χ4n) is 3.77. The Labute approximate surface area is 187 Å². The lowest BCUT2D eigenvalue weighted by molar-refractivity contribution is -0.123. The van der Waals surface area contributed by atoms with Gasteiger partial charge < -0.3 is 15.0 Å². The van der Waals surface area contributed by atoms with Crippen molar-refractivity contribution in [2.45, 2.75) is 45.7 Å². The Morgan fingerprint density at radius 3 is 2.12 bits per heavy atom. The predicted molar refractivity (Wildman–Crippen MR) is 121 cm³/mol. The van der Waals surface area contributed by atoms with E-state index in [-0.39, 0.29) is 24.1 Å². The highest BCUT2D eigenvalue weighted by Crippen LogP contribution is 2.31. The van der Waals surface area contributed by atoms with E-state index in [0.29, 0.717) is 22.7 Å². The zero-order valence-electron chi connectivity index (χ0n) is 18.8. The number of ether oxygens (including phenoxy) is 1. The monoisotopic (exact) mass is 437 g/mol. The second kappa shape index (κ2) is 8.82. The Balaban J connectivity index is 1.90. The molecule has 1 saturated heterocycles. The second-order valence-electron chi connectivity index (χ2n) is 8.59. The van der Waals surface area contributed by atoms with Crippen LogP contribution in [-0.4, -0.2) is 47.2 Å². The lowest BCUT2D eigenvalue weighted by atomic mass is 9.99. The fourth-order valence-corrected chi connectivity index (χ4v) is 3.77. The molecule has 0 aliphatic carbocycles. The number of anilines is 2. The average molecular weight is 437 g/mol. The molecule has 0 radical (unpaired) electrons. The van der Waals surface area contributed by atoms with Gasteiger partial charge in [-0.1, -0.05) is 0 Å². The van der Waals surface area contributed by atoms with Crippen LogP contribution in [0.25, 0.3) is 0 Å². The van der Waals surface area contributed by atoms with Crippen molar-refractivity contribution in [2.75, 3.05) is 17.3 Å². The van der Waals surface area contributed by atoms with Gasteiger partial charge in [-0.15, -0.1) is 0 Å². The molecule has 0 bridgehead atoms. The van der Waals surface area contributed by atoms with E-state index in [0.717, 1.165) is 4.90 Å². The van der Waals surface area contributed by atoms with Gasteiger partial charge in [-0.3, -0.25) is 19.2 Å². The lowest BCUT2D eigenvalue weighted by Gasteiger charge is -2.39. The van der Waals surface area contributed by atoms with Gasteiger partial charge >= 0.3 is 0 Å². The third-order valence-electron chi connectivity index (χ3n) is 5.16. The van der Waals surface area contributed by atoms with Gasteiger partial charge in [0.05, 0.1) is 19.2 Å². The number of nitrogens with zero attached hydrogens (tertiary/aromatic N) is 2. The molecular formula is C24H27N3O5. The molecule has 0 spiro atoms. The first-order valence-corrected chi connectivity index (χ1v) is 10.2. The largest absolute Gasteiger partial charge is 0.497 e. The van der Waals surface area contributed by atoms with Crippen LogP contribution < -0.4 is 15.0 Å². The first-order chi connectivity index (χ1) is 15.0. The minimum Gasteiger partial charge on any atom is -0.497 e. The summed E-state index contributed by atoms with van der Waals surface area (Å²) in [4.78, 5) is 53.3. The summed E-state index contributed by atoms with van der Waals surface area (Å²) >= 11 is 0. The molecule has 2 aromatic carbocycles. The highest BCUT2D eigenvalue weighted by Gasteiger charge is 2.47. The van der Waals surface area contributed by atoms with Gasteiger partial charge in [0.15, 0.2) is 0 Å². The van der Waals surface area contributed by atoms with Gasteiger partial charge in [-0.25, -0.2) is 4.90 Å². The maximum Gasteiger partial charge on any atom is 0.257 e. The van der Waals surface area contributed by atoms with Gasteiger partial charge in [0.2, 0.25) is 11.8 Å². The van der Waals surface area contributed by atoms with Gasteiger partial charge in [0.1, 0.15) is 11.8 Å². The number of rotatable bonds is 5. The highest BCUT2D eigenvalue weighted by atomic mass is 16.5. The molecule has 0 aromatic heterocycles. The predicted octanol–water partition coefficient (Wildman–Crippen LogP) is 3.23. The third-order valence-corrected chi connectivity index (χ3v) is 5.16. The van der Waals surface area contributed by atoms with E-state index in [9.17, 15) is 19.2 Å². The van der Waals surface area contributed by atoms with E-state index in [2.05, 4.69) is 5.32 Å². The Hall–Kier alpha value is -3.68.